The summed E-state index contributed by atoms with van der Waals surface area (Å²) in [6.45, 7) is 2.31. The van der Waals surface area contributed by atoms with Crippen molar-refractivity contribution in [2.24, 2.45) is 5.92 Å². The molecule has 1 unspecified atom stereocenters. The van der Waals surface area contributed by atoms with Gasteiger partial charge in [-0.3, -0.25) is 14.4 Å². The molecule has 9 heteroatoms. The lowest BCUT2D eigenvalue weighted by atomic mass is 9.96. The van der Waals surface area contributed by atoms with Gasteiger partial charge in [-0.15, -0.1) is 0 Å². The predicted molar refractivity (Wildman–Crippen MR) is 118 cm³/mol. The first-order valence-electron chi connectivity index (χ1n) is 9.93. The van der Waals surface area contributed by atoms with Gasteiger partial charge >= 0.3 is 0 Å². The first-order chi connectivity index (χ1) is 14.9. The van der Waals surface area contributed by atoms with Crippen LogP contribution in [-0.2, 0) is 9.59 Å². The van der Waals surface area contributed by atoms with Crippen LogP contribution >= 0.6 is 11.3 Å². The van der Waals surface area contributed by atoms with Crippen LogP contribution < -0.4 is 10.6 Å². The summed E-state index contributed by atoms with van der Waals surface area (Å²) in [6, 6.07) is 10.8. The normalized spacial score (nSPS) is 16.2. The Morgan fingerprint density at radius 2 is 1.90 bits per heavy atom. The molecule has 0 bridgehead atoms. The summed E-state index contributed by atoms with van der Waals surface area (Å²) >= 11 is 1.33. The van der Waals surface area contributed by atoms with Crippen LogP contribution in [0.1, 0.15) is 30.1 Å². The molecule has 2 aromatic carbocycles. The molecule has 1 aliphatic heterocycles. The number of thiazole rings is 1. The highest BCUT2D eigenvalue weighted by molar-refractivity contribution is 7.22. The van der Waals surface area contributed by atoms with Crippen molar-refractivity contribution < 1.29 is 18.8 Å². The average molecular weight is 441 g/mol. The Morgan fingerprint density at radius 3 is 2.65 bits per heavy atom. The highest BCUT2D eigenvalue weighted by Crippen LogP contribution is 2.29. The summed E-state index contributed by atoms with van der Waals surface area (Å²) in [5, 5.41) is 6.06. The zero-order valence-electron chi connectivity index (χ0n) is 16.9. The monoisotopic (exact) mass is 440 g/mol. The molecule has 160 valence electrons. The fraction of sp³-hybridized carbons (Fsp3) is 0.273. The summed E-state index contributed by atoms with van der Waals surface area (Å²) in [5.74, 6) is -1.29. The van der Waals surface area contributed by atoms with Gasteiger partial charge in [0.1, 0.15) is 5.82 Å². The maximum atomic E-state index is 13.1. The number of fused-ring (bicyclic) bond motifs is 1. The van der Waals surface area contributed by atoms with E-state index in [1.807, 2.05) is 6.07 Å². The van der Waals surface area contributed by atoms with E-state index in [9.17, 15) is 18.8 Å². The van der Waals surface area contributed by atoms with Crippen molar-refractivity contribution in [3.05, 3.63) is 53.8 Å². The molecule has 0 spiro atoms. The molecule has 1 saturated heterocycles. The van der Waals surface area contributed by atoms with Crippen LogP contribution in [0.25, 0.3) is 10.2 Å². The number of rotatable bonds is 4. The Bertz CT molecular complexity index is 1150. The van der Waals surface area contributed by atoms with Crippen molar-refractivity contribution in [1.29, 1.82) is 0 Å². The molecular weight excluding hydrogens is 419 g/mol. The molecule has 2 heterocycles. The number of nitrogens with zero attached hydrogens (tertiary/aromatic N) is 2. The van der Waals surface area contributed by atoms with Crippen LogP contribution in [0.4, 0.5) is 15.2 Å². The fourth-order valence-electron chi connectivity index (χ4n) is 3.62. The highest BCUT2D eigenvalue weighted by Gasteiger charge is 2.29. The molecule has 4 rings (SSSR count). The van der Waals surface area contributed by atoms with Gasteiger partial charge in [0, 0.05) is 31.3 Å². The summed E-state index contributed by atoms with van der Waals surface area (Å²) in [7, 11) is 0. The molecule has 31 heavy (non-hydrogen) atoms. The first kappa shape index (κ1) is 20.9. The van der Waals surface area contributed by atoms with Crippen molar-refractivity contribution in [3.8, 4) is 0 Å². The lowest BCUT2D eigenvalue weighted by Crippen LogP contribution is -2.43. The standard InChI is InChI=1S/C22H21FN4O3S/c1-13(28)24-17-8-9-18-19(11-17)31-22(25-18)26-20(29)15-3-2-10-27(12-15)21(30)14-4-6-16(23)7-5-14/h4-9,11,15H,2-3,10,12H2,1H3,(H,24,28)(H,25,26,29). The van der Waals surface area contributed by atoms with Gasteiger partial charge in [-0.25, -0.2) is 9.37 Å². The molecule has 7 nitrogen and oxygen atoms in total. The van der Waals surface area contributed by atoms with Gasteiger partial charge in [0.2, 0.25) is 11.8 Å². The fourth-order valence-corrected chi connectivity index (χ4v) is 4.53. The minimum absolute atomic E-state index is 0.158. The number of hydrogen-bond donors (Lipinski definition) is 2. The summed E-state index contributed by atoms with van der Waals surface area (Å²) < 4.78 is 14.0. The quantitative estimate of drug-likeness (QED) is 0.644. The Labute approximate surface area is 182 Å². The minimum Gasteiger partial charge on any atom is -0.338 e. The molecule has 3 aromatic rings. The van der Waals surface area contributed by atoms with Crippen molar-refractivity contribution in [3.63, 3.8) is 0 Å². The number of aromatic nitrogens is 1. The lowest BCUT2D eigenvalue weighted by molar-refractivity contribution is -0.121. The molecular formula is C22H21FN4O3S. The van der Waals surface area contributed by atoms with Crippen LogP contribution in [0.5, 0.6) is 0 Å². The first-order valence-corrected chi connectivity index (χ1v) is 10.7. The van der Waals surface area contributed by atoms with E-state index in [2.05, 4.69) is 15.6 Å². The third-order valence-electron chi connectivity index (χ3n) is 5.11. The molecule has 2 N–H and O–H groups in total. The van der Waals surface area contributed by atoms with Crippen LogP contribution in [0.3, 0.4) is 0 Å². The summed E-state index contributed by atoms with van der Waals surface area (Å²) in [4.78, 5) is 42.8. The smallest absolute Gasteiger partial charge is 0.253 e. The number of benzene rings is 2. The van der Waals surface area contributed by atoms with Gasteiger partial charge in [-0.1, -0.05) is 11.3 Å². The van der Waals surface area contributed by atoms with E-state index >= 15 is 0 Å². The van der Waals surface area contributed by atoms with E-state index in [0.717, 1.165) is 10.2 Å². The van der Waals surface area contributed by atoms with Crippen LogP contribution in [0, 0.1) is 11.7 Å². The van der Waals surface area contributed by atoms with Crippen molar-refractivity contribution in [1.82, 2.24) is 9.88 Å². The second kappa shape index (κ2) is 8.81. The molecule has 0 radical (unpaired) electrons. The van der Waals surface area contributed by atoms with Crippen LogP contribution in [0.2, 0.25) is 0 Å². The van der Waals surface area contributed by atoms with E-state index in [-0.39, 0.29) is 23.6 Å². The van der Waals surface area contributed by atoms with Crippen molar-refractivity contribution in [2.75, 3.05) is 23.7 Å². The summed E-state index contributed by atoms with van der Waals surface area (Å²) in [6.07, 6.45) is 1.39. The van der Waals surface area contributed by atoms with Gasteiger partial charge < -0.3 is 15.5 Å². The van der Waals surface area contributed by atoms with Gasteiger partial charge in [0.25, 0.3) is 5.91 Å². The second-order valence-corrected chi connectivity index (χ2v) is 8.50. The topological polar surface area (TPSA) is 91.4 Å². The number of anilines is 2. The van der Waals surface area contributed by atoms with Crippen LogP contribution in [0.15, 0.2) is 42.5 Å². The number of hydrogen-bond acceptors (Lipinski definition) is 5. The average Bonchev–Trinajstić information content (AvgIpc) is 3.15. The van der Waals surface area contributed by atoms with E-state index in [1.54, 1.807) is 17.0 Å². The molecule has 1 aromatic heterocycles. The third kappa shape index (κ3) is 4.88. The van der Waals surface area contributed by atoms with Gasteiger partial charge in [0.05, 0.1) is 16.1 Å². The molecule has 1 atom stereocenters. The second-order valence-electron chi connectivity index (χ2n) is 7.47. The SMILES string of the molecule is CC(=O)Nc1ccc2nc(NC(=O)C3CCCN(C(=O)c4ccc(F)cc4)C3)sc2c1. The number of carbonyl (C=O) groups excluding carboxylic acids is 3. The van der Waals surface area contributed by atoms with E-state index < -0.39 is 5.82 Å². The molecule has 1 aliphatic rings. The van der Waals surface area contributed by atoms with Crippen LogP contribution in [-0.4, -0.2) is 40.7 Å². The van der Waals surface area contributed by atoms with E-state index in [4.69, 9.17) is 0 Å². The van der Waals surface area contributed by atoms with Gasteiger partial charge in [-0.2, -0.15) is 0 Å². The van der Waals surface area contributed by atoms with E-state index in [1.165, 1.54) is 42.5 Å². The zero-order chi connectivity index (χ0) is 22.0. The maximum absolute atomic E-state index is 13.1. The number of nitrogens with one attached hydrogen (secondary N) is 2. The minimum atomic E-state index is -0.396. The lowest BCUT2D eigenvalue weighted by Gasteiger charge is -2.32. The molecule has 0 aliphatic carbocycles. The third-order valence-corrected chi connectivity index (χ3v) is 6.04. The Morgan fingerprint density at radius 1 is 1.13 bits per heavy atom. The van der Waals surface area contributed by atoms with Gasteiger partial charge in [-0.05, 0) is 55.3 Å². The number of likely N-dealkylation sites (tertiary alicyclic amines) is 1. The molecule has 3 amide bonds. The molecule has 1 fully saturated rings. The summed E-state index contributed by atoms with van der Waals surface area (Å²) in [5.41, 5.74) is 1.80. The van der Waals surface area contributed by atoms with Crippen molar-refractivity contribution >= 4 is 50.1 Å². The highest BCUT2D eigenvalue weighted by atomic mass is 32.1. The number of piperidine rings is 1. The predicted octanol–water partition coefficient (Wildman–Crippen LogP) is 3.88. The largest absolute Gasteiger partial charge is 0.338 e. The van der Waals surface area contributed by atoms with Gasteiger partial charge in [0.15, 0.2) is 5.13 Å². The Kier molecular flexibility index (Phi) is 5.94. The number of carbonyl (C=O) groups is 3. The molecule has 0 saturated carbocycles. The Balaban J connectivity index is 1.42. The zero-order valence-corrected chi connectivity index (χ0v) is 17.7. The number of amides is 3. The Hall–Kier alpha value is -3.33. The van der Waals surface area contributed by atoms with Crippen molar-refractivity contribution in [2.45, 2.75) is 19.8 Å². The number of halogens is 1. The van der Waals surface area contributed by atoms with E-state index in [0.29, 0.717) is 42.3 Å². The maximum Gasteiger partial charge on any atom is 0.253 e.